The maximum Gasteiger partial charge on any atom is 0.339 e. The Kier molecular flexibility index (Phi) is 3.38. The number of hydrogen-bond acceptors (Lipinski definition) is 3. The van der Waals surface area contributed by atoms with Gasteiger partial charge in [-0.05, 0) is 41.1 Å². The van der Waals surface area contributed by atoms with E-state index in [1.54, 1.807) is 6.92 Å². The second kappa shape index (κ2) is 4.81. The summed E-state index contributed by atoms with van der Waals surface area (Å²) in [6, 6.07) is 4.14. The third-order valence-electron chi connectivity index (χ3n) is 2.38. The quantitative estimate of drug-likeness (QED) is 0.926. The summed E-state index contributed by atoms with van der Waals surface area (Å²) in [5.74, 6) is -1.09. The summed E-state index contributed by atoms with van der Waals surface area (Å²) in [5, 5.41) is 8.88. The molecule has 92 valence electrons. The molecule has 2 rings (SSSR count). The summed E-state index contributed by atoms with van der Waals surface area (Å²) < 4.78 is 13.5. The average molecular weight is 311 g/mol. The third-order valence-corrected chi connectivity index (χ3v) is 3.04. The highest BCUT2D eigenvalue weighted by molar-refractivity contribution is 9.10. The molecule has 1 N–H and O–H groups in total. The molecule has 1 heterocycles. The molecule has 18 heavy (non-hydrogen) atoms. The Morgan fingerprint density at radius 3 is 2.72 bits per heavy atom. The van der Waals surface area contributed by atoms with Crippen LogP contribution in [0.2, 0.25) is 0 Å². The fourth-order valence-corrected chi connectivity index (χ4v) is 2.01. The van der Waals surface area contributed by atoms with E-state index in [1.807, 2.05) is 0 Å². The van der Waals surface area contributed by atoms with Crippen molar-refractivity contribution < 1.29 is 14.3 Å². The van der Waals surface area contributed by atoms with Crippen LogP contribution in [0.15, 0.2) is 28.9 Å². The summed E-state index contributed by atoms with van der Waals surface area (Å²) in [6.07, 6.45) is 1.25. The van der Waals surface area contributed by atoms with E-state index >= 15 is 0 Å². The molecular weight excluding hydrogens is 303 g/mol. The van der Waals surface area contributed by atoms with Gasteiger partial charge in [0.25, 0.3) is 0 Å². The van der Waals surface area contributed by atoms with Gasteiger partial charge in [0.05, 0.1) is 11.3 Å². The van der Waals surface area contributed by atoms with Gasteiger partial charge >= 0.3 is 5.97 Å². The van der Waals surface area contributed by atoms with Gasteiger partial charge in [-0.2, -0.15) is 0 Å². The van der Waals surface area contributed by atoms with Gasteiger partial charge in [-0.25, -0.2) is 19.2 Å². The van der Waals surface area contributed by atoms with E-state index in [0.29, 0.717) is 21.6 Å². The first-order chi connectivity index (χ1) is 8.49. The molecule has 0 unspecified atom stereocenters. The van der Waals surface area contributed by atoms with Gasteiger partial charge in [0.2, 0.25) is 0 Å². The third kappa shape index (κ3) is 2.38. The number of nitrogens with zero attached hydrogens (tertiary/aromatic N) is 2. The Labute approximate surface area is 111 Å². The lowest BCUT2D eigenvalue weighted by Gasteiger charge is -2.05. The second-order valence-corrected chi connectivity index (χ2v) is 4.48. The zero-order chi connectivity index (χ0) is 13.3. The van der Waals surface area contributed by atoms with E-state index in [1.165, 1.54) is 24.4 Å². The van der Waals surface area contributed by atoms with Crippen LogP contribution in [0.25, 0.3) is 11.4 Å². The van der Waals surface area contributed by atoms with Crippen LogP contribution in [0.5, 0.6) is 0 Å². The Morgan fingerprint density at radius 2 is 2.17 bits per heavy atom. The number of aromatic carboxylic acids is 1. The van der Waals surface area contributed by atoms with Crippen LogP contribution in [0.1, 0.15) is 16.1 Å². The Balaban J connectivity index is 2.52. The molecule has 0 aliphatic rings. The van der Waals surface area contributed by atoms with Crippen LogP contribution >= 0.6 is 15.9 Å². The minimum Gasteiger partial charge on any atom is -0.478 e. The van der Waals surface area contributed by atoms with Gasteiger partial charge in [0.15, 0.2) is 5.82 Å². The van der Waals surface area contributed by atoms with Crippen molar-refractivity contribution in [3.05, 3.63) is 45.9 Å². The number of benzene rings is 1. The number of aryl methyl sites for hydroxylation is 1. The first kappa shape index (κ1) is 12.6. The van der Waals surface area contributed by atoms with Crippen molar-refractivity contribution in [2.24, 2.45) is 0 Å². The fraction of sp³-hybridized carbons (Fsp3) is 0.0833. The van der Waals surface area contributed by atoms with E-state index in [4.69, 9.17) is 5.11 Å². The number of carboxylic acids is 1. The van der Waals surface area contributed by atoms with Crippen molar-refractivity contribution in [3.8, 4) is 11.4 Å². The number of hydrogen-bond donors (Lipinski definition) is 1. The van der Waals surface area contributed by atoms with Gasteiger partial charge in [0, 0.05) is 16.2 Å². The highest BCUT2D eigenvalue weighted by atomic mass is 79.9. The molecule has 0 amide bonds. The second-order valence-electron chi connectivity index (χ2n) is 3.62. The molecular formula is C12H8BrFN2O2. The van der Waals surface area contributed by atoms with Gasteiger partial charge in [-0.15, -0.1) is 0 Å². The average Bonchev–Trinajstić information content (AvgIpc) is 2.28. The molecule has 6 heteroatoms. The van der Waals surface area contributed by atoms with Crippen molar-refractivity contribution >= 4 is 21.9 Å². The van der Waals surface area contributed by atoms with Gasteiger partial charge < -0.3 is 5.11 Å². The van der Waals surface area contributed by atoms with Crippen molar-refractivity contribution in [1.29, 1.82) is 0 Å². The van der Waals surface area contributed by atoms with E-state index in [0.717, 1.165) is 0 Å². The SMILES string of the molecule is Cc1nc(-c2ccc(F)cc2Br)ncc1C(=O)O. The molecule has 4 nitrogen and oxygen atoms in total. The largest absolute Gasteiger partial charge is 0.478 e. The fourth-order valence-electron chi connectivity index (χ4n) is 1.48. The molecule has 1 aromatic heterocycles. The molecule has 0 aliphatic heterocycles. The highest BCUT2D eigenvalue weighted by Gasteiger charge is 2.12. The van der Waals surface area contributed by atoms with Crippen molar-refractivity contribution in [1.82, 2.24) is 9.97 Å². The summed E-state index contributed by atoms with van der Waals surface area (Å²) >= 11 is 3.22. The van der Waals surface area contributed by atoms with Crippen LogP contribution < -0.4 is 0 Å². The molecule has 1 aromatic carbocycles. The smallest absolute Gasteiger partial charge is 0.339 e. The Hall–Kier alpha value is -1.82. The molecule has 2 aromatic rings. The molecule has 0 aliphatic carbocycles. The maximum atomic E-state index is 13.0. The zero-order valence-electron chi connectivity index (χ0n) is 9.32. The topological polar surface area (TPSA) is 63.1 Å². The molecule has 0 saturated heterocycles. The predicted octanol–water partition coefficient (Wildman–Crippen LogP) is 3.05. The van der Waals surface area contributed by atoms with Crippen molar-refractivity contribution in [2.75, 3.05) is 0 Å². The number of aromatic nitrogens is 2. The molecule has 0 fully saturated rings. The number of halogens is 2. The summed E-state index contributed by atoms with van der Waals surface area (Å²) in [6.45, 7) is 1.59. The predicted molar refractivity (Wildman–Crippen MR) is 66.8 cm³/mol. The number of carboxylic acid groups (broad SMARTS) is 1. The Bertz CT molecular complexity index is 631. The van der Waals surface area contributed by atoms with Crippen LogP contribution in [0, 0.1) is 12.7 Å². The first-order valence-corrected chi connectivity index (χ1v) is 5.80. The van der Waals surface area contributed by atoms with E-state index < -0.39 is 5.97 Å². The lowest BCUT2D eigenvalue weighted by Crippen LogP contribution is -2.04. The molecule has 0 atom stereocenters. The summed E-state index contributed by atoms with van der Waals surface area (Å²) in [7, 11) is 0. The van der Waals surface area contributed by atoms with Crippen LogP contribution in [-0.2, 0) is 0 Å². The monoisotopic (exact) mass is 310 g/mol. The standard InChI is InChI=1S/C12H8BrFN2O2/c1-6-9(12(17)18)5-15-11(16-6)8-3-2-7(14)4-10(8)13/h2-5H,1H3,(H,17,18). The maximum absolute atomic E-state index is 13.0. The van der Waals surface area contributed by atoms with Crippen molar-refractivity contribution in [3.63, 3.8) is 0 Å². The zero-order valence-corrected chi connectivity index (χ0v) is 10.9. The molecule has 0 saturated carbocycles. The van der Waals surface area contributed by atoms with Gasteiger partial charge in [-0.1, -0.05) is 0 Å². The van der Waals surface area contributed by atoms with Crippen LogP contribution in [-0.4, -0.2) is 21.0 Å². The molecule has 0 radical (unpaired) electrons. The minimum absolute atomic E-state index is 0.0528. The highest BCUT2D eigenvalue weighted by Crippen LogP contribution is 2.26. The molecule has 0 spiro atoms. The number of carbonyl (C=O) groups is 1. The first-order valence-electron chi connectivity index (χ1n) is 5.01. The Morgan fingerprint density at radius 1 is 1.44 bits per heavy atom. The van der Waals surface area contributed by atoms with Crippen LogP contribution in [0.4, 0.5) is 4.39 Å². The lowest BCUT2D eigenvalue weighted by molar-refractivity contribution is 0.0695. The van der Waals surface area contributed by atoms with E-state index in [2.05, 4.69) is 25.9 Å². The summed E-state index contributed by atoms with van der Waals surface area (Å²) in [4.78, 5) is 18.9. The van der Waals surface area contributed by atoms with Crippen LogP contribution in [0.3, 0.4) is 0 Å². The van der Waals surface area contributed by atoms with E-state index in [9.17, 15) is 9.18 Å². The molecule has 0 bridgehead atoms. The normalized spacial score (nSPS) is 10.4. The van der Waals surface area contributed by atoms with E-state index in [-0.39, 0.29) is 11.4 Å². The summed E-state index contributed by atoms with van der Waals surface area (Å²) in [5.41, 5.74) is 1.03. The minimum atomic E-state index is -1.07. The van der Waals surface area contributed by atoms with Gasteiger partial charge in [-0.3, -0.25) is 0 Å². The lowest BCUT2D eigenvalue weighted by atomic mass is 10.2. The number of rotatable bonds is 2. The van der Waals surface area contributed by atoms with Gasteiger partial charge in [0.1, 0.15) is 5.82 Å². The van der Waals surface area contributed by atoms with Crippen molar-refractivity contribution in [2.45, 2.75) is 6.92 Å².